The number of anilines is 2. The van der Waals surface area contributed by atoms with Crippen molar-refractivity contribution < 1.29 is 14.0 Å². The molecule has 7 heteroatoms. The fourth-order valence-electron chi connectivity index (χ4n) is 5.93. The molecule has 0 saturated heterocycles. The van der Waals surface area contributed by atoms with Crippen LogP contribution in [0.2, 0.25) is 0 Å². The Hall–Kier alpha value is -3.67. The summed E-state index contributed by atoms with van der Waals surface area (Å²) in [7, 11) is 0.839. The van der Waals surface area contributed by atoms with Gasteiger partial charge in [0.1, 0.15) is 24.0 Å². The minimum Gasteiger partial charge on any atom is -0.458 e. The van der Waals surface area contributed by atoms with Crippen molar-refractivity contribution in [2.75, 3.05) is 10.6 Å². The molecule has 5 nitrogen and oxygen atoms in total. The van der Waals surface area contributed by atoms with Crippen molar-refractivity contribution in [1.29, 1.82) is 0 Å². The van der Waals surface area contributed by atoms with Gasteiger partial charge in [-0.15, -0.1) is 0 Å². The molecule has 46 heavy (non-hydrogen) atoms. The maximum Gasteiger partial charge on any atom is 0.315 e. The minimum atomic E-state index is -0.309. The number of benzene rings is 4. The van der Waals surface area contributed by atoms with E-state index in [2.05, 4.69) is 115 Å². The van der Waals surface area contributed by atoms with Crippen LogP contribution in [0.3, 0.4) is 0 Å². The molecule has 240 valence electrons. The maximum atomic E-state index is 7.01. The van der Waals surface area contributed by atoms with E-state index in [1.165, 1.54) is 22.3 Å². The number of ether oxygens (including phenoxy) is 1. The molecular weight excluding hydrogens is 566 g/mol. The molecule has 4 aromatic carbocycles. The molecule has 0 amide bonds. The van der Waals surface area contributed by atoms with Crippen LogP contribution in [-0.4, -0.2) is 27.4 Å². The molecule has 0 saturated carbocycles. The Morgan fingerprint density at radius 3 is 1.33 bits per heavy atom. The molecule has 2 unspecified atom stereocenters. The van der Waals surface area contributed by atoms with E-state index in [0.717, 1.165) is 33.8 Å². The first-order valence-corrected chi connectivity index (χ1v) is 16.5. The van der Waals surface area contributed by atoms with Gasteiger partial charge in [-0.1, -0.05) is 116 Å². The van der Waals surface area contributed by atoms with Crippen LogP contribution in [0.25, 0.3) is 0 Å². The summed E-state index contributed by atoms with van der Waals surface area (Å²) in [6.45, 7) is 22.3. The SMILES string of the molecule is CC(Nc1ccccc1)OBc1cc(C(C)(C)C)cc2c1Oc1c(BOC(C)Nc3ccccc3)cc(C(C)(C)C)cc1C2(C)C. The summed E-state index contributed by atoms with van der Waals surface area (Å²) in [5, 5.41) is 6.91. The second-order valence-electron chi connectivity index (χ2n) is 15.2. The van der Waals surface area contributed by atoms with Crippen molar-refractivity contribution >= 4 is 37.3 Å². The average Bonchev–Trinajstić information content (AvgIpc) is 2.99. The third kappa shape index (κ3) is 7.65. The van der Waals surface area contributed by atoms with Gasteiger partial charge in [-0.05, 0) is 71.0 Å². The fourth-order valence-corrected chi connectivity index (χ4v) is 5.93. The highest BCUT2D eigenvalue weighted by molar-refractivity contribution is 6.49. The molecule has 1 aliphatic rings. The van der Waals surface area contributed by atoms with Gasteiger partial charge in [-0.25, -0.2) is 0 Å². The Morgan fingerprint density at radius 2 is 0.978 bits per heavy atom. The number of nitrogens with one attached hydrogen (secondary N) is 2. The standard InChI is InChI=1S/C39H50B2N2O3/c1-25(42-29-17-13-11-14-18-29)45-40-33-23-27(37(3,4)5)21-31-35(33)44-36-32(39(31,9)10)22-28(38(6,7)8)24-34(36)41-46-26(2)43-30-19-15-12-16-20-30/h11-26,40-43H,1-10H3. The summed E-state index contributed by atoms with van der Waals surface area (Å²) < 4.78 is 19.9. The highest BCUT2D eigenvalue weighted by Gasteiger charge is 2.39. The van der Waals surface area contributed by atoms with Crippen LogP contribution >= 0.6 is 0 Å². The number of hydrogen-bond donors (Lipinski definition) is 2. The van der Waals surface area contributed by atoms with E-state index < -0.39 is 0 Å². The lowest BCUT2D eigenvalue weighted by atomic mass is 9.67. The summed E-state index contributed by atoms with van der Waals surface area (Å²) in [5.74, 6) is 1.77. The van der Waals surface area contributed by atoms with E-state index in [-0.39, 0.29) is 28.7 Å². The van der Waals surface area contributed by atoms with Crippen LogP contribution in [0.4, 0.5) is 11.4 Å². The van der Waals surface area contributed by atoms with Crippen molar-refractivity contribution in [1.82, 2.24) is 0 Å². The molecule has 0 spiro atoms. The van der Waals surface area contributed by atoms with E-state index in [1.807, 2.05) is 50.2 Å². The number of rotatable bonds is 10. The highest BCUT2D eigenvalue weighted by atomic mass is 16.5. The minimum absolute atomic E-state index is 0.0395. The molecule has 1 aliphatic heterocycles. The Labute approximate surface area is 278 Å². The van der Waals surface area contributed by atoms with Gasteiger partial charge in [0.2, 0.25) is 0 Å². The maximum absolute atomic E-state index is 7.01. The first kappa shape index (κ1) is 33.7. The van der Waals surface area contributed by atoms with E-state index in [4.69, 9.17) is 14.0 Å². The molecule has 0 aromatic heterocycles. The number of para-hydroxylation sites is 2. The first-order valence-electron chi connectivity index (χ1n) is 16.5. The summed E-state index contributed by atoms with van der Waals surface area (Å²) >= 11 is 0. The predicted octanol–water partition coefficient (Wildman–Crippen LogP) is 7.62. The normalized spacial score (nSPS) is 15.1. The summed E-state index contributed by atoms with van der Waals surface area (Å²) in [5.41, 5.74) is 8.68. The second-order valence-corrected chi connectivity index (χ2v) is 15.2. The van der Waals surface area contributed by atoms with Crippen molar-refractivity contribution in [3.05, 3.63) is 107 Å². The smallest absolute Gasteiger partial charge is 0.315 e. The molecule has 2 atom stereocenters. The van der Waals surface area contributed by atoms with Crippen molar-refractivity contribution in [2.24, 2.45) is 0 Å². The average molecular weight is 616 g/mol. The topological polar surface area (TPSA) is 51.8 Å². The quantitative estimate of drug-likeness (QED) is 0.142. The van der Waals surface area contributed by atoms with E-state index in [9.17, 15) is 0 Å². The van der Waals surface area contributed by atoms with Gasteiger partial charge in [0, 0.05) is 27.9 Å². The molecular formula is C39H50B2N2O3. The summed E-state index contributed by atoms with van der Waals surface area (Å²) in [4.78, 5) is 0. The highest BCUT2D eigenvalue weighted by Crippen LogP contribution is 2.48. The van der Waals surface area contributed by atoms with Crippen LogP contribution in [0.15, 0.2) is 84.9 Å². The van der Waals surface area contributed by atoms with Crippen LogP contribution in [0, 0.1) is 0 Å². The van der Waals surface area contributed by atoms with E-state index in [0.29, 0.717) is 15.0 Å². The Bertz CT molecular complexity index is 1520. The van der Waals surface area contributed by atoms with Gasteiger partial charge in [0.25, 0.3) is 0 Å². The van der Waals surface area contributed by atoms with Crippen molar-refractivity contribution in [3.8, 4) is 11.5 Å². The number of hydrogen-bond acceptors (Lipinski definition) is 5. The third-order valence-electron chi connectivity index (χ3n) is 8.88. The fraction of sp³-hybridized carbons (Fsp3) is 0.385. The summed E-state index contributed by atoms with van der Waals surface area (Å²) in [6.07, 6.45) is -0.366. The Morgan fingerprint density at radius 1 is 0.609 bits per heavy atom. The van der Waals surface area contributed by atoms with E-state index >= 15 is 0 Å². The molecule has 0 aliphatic carbocycles. The lowest BCUT2D eigenvalue weighted by molar-refractivity contribution is 0.268. The molecule has 5 rings (SSSR count). The molecule has 0 radical (unpaired) electrons. The first-order chi connectivity index (χ1) is 21.6. The van der Waals surface area contributed by atoms with Crippen LogP contribution in [-0.2, 0) is 25.6 Å². The monoisotopic (exact) mass is 616 g/mol. The third-order valence-corrected chi connectivity index (χ3v) is 8.88. The molecule has 1 heterocycles. The largest absolute Gasteiger partial charge is 0.458 e. The van der Waals surface area contributed by atoms with Crippen LogP contribution in [0.5, 0.6) is 11.5 Å². The lowest BCUT2D eigenvalue weighted by Gasteiger charge is -2.39. The molecule has 4 aromatic rings. The van der Waals surface area contributed by atoms with Gasteiger partial charge in [0.15, 0.2) is 0 Å². The van der Waals surface area contributed by atoms with Crippen molar-refractivity contribution in [2.45, 2.75) is 97.9 Å². The zero-order valence-corrected chi connectivity index (χ0v) is 29.4. The van der Waals surface area contributed by atoms with Gasteiger partial charge in [-0.2, -0.15) is 0 Å². The zero-order chi connectivity index (χ0) is 33.3. The van der Waals surface area contributed by atoms with E-state index in [1.54, 1.807) is 0 Å². The van der Waals surface area contributed by atoms with Gasteiger partial charge in [0.05, 0.1) is 0 Å². The molecule has 0 bridgehead atoms. The van der Waals surface area contributed by atoms with Gasteiger partial charge >= 0.3 is 15.0 Å². The lowest BCUT2D eigenvalue weighted by Crippen LogP contribution is -2.37. The van der Waals surface area contributed by atoms with Gasteiger partial charge < -0.3 is 24.7 Å². The predicted molar refractivity (Wildman–Crippen MR) is 197 cm³/mol. The van der Waals surface area contributed by atoms with Crippen LogP contribution in [0.1, 0.15) is 91.5 Å². The summed E-state index contributed by atoms with van der Waals surface area (Å²) in [6, 6.07) is 29.6. The molecule has 2 N–H and O–H groups in total. The van der Waals surface area contributed by atoms with Crippen molar-refractivity contribution in [3.63, 3.8) is 0 Å². The zero-order valence-electron chi connectivity index (χ0n) is 29.4. The van der Waals surface area contributed by atoms with Gasteiger partial charge in [-0.3, -0.25) is 0 Å². The Balaban J connectivity index is 1.52. The second kappa shape index (κ2) is 13.2. The Kier molecular flexibility index (Phi) is 9.68. The number of fused-ring (bicyclic) bond motifs is 2. The van der Waals surface area contributed by atoms with Crippen LogP contribution < -0.4 is 26.3 Å². The molecule has 0 fully saturated rings.